The lowest BCUT2D eigenvalue weighted by Crippen LogP contribution is -2.46. The summed E-state index contributed by atoms with van der Waals surface area (Å²) in [6, 6.07) is 3.08. The van der Waals surface area contributed by atoms with E-state index < -0.39 is 45.3 Å². The monoisotopic (exact) mass is 650 g/mol. The van der Waals surface area contributed by atoms with E-state index in [0.29, 0.717) is 12.8 Å². The molecule has 0 aliphatic heterocycles. The molecule has 2 aromatic heterocycles. The first-order valence-electron chi connectivity index (χ1n) is 12.1. The van der Waals surface area contributed by atoms with Crippen molar-refractivity contribution in [3.8, 4) is 23.1 Å². The van der Waals surface area contributed by atoms with Gasteiger partial charge in [-0.3, -0.25) is 18.9 Å². The lowest BCUT2D eigenvalue weighted by Gasteiger charge is -2.29. The Kier molecular flexibility index (Phi) is 7.61. The number of amides is 1. The summed E-state index contributed by atoms with van der Waals surface area (Å²) in [4.78, 5) is 41.3. The van der Waals surface area contributed by atoms with Gasteiger partial charge in [-0.25, -0.2) is 18.2 Å². The number of aromatic hydroxyl groups is 1. The summed E-state index contributed by atoms with van der Waals surface area (Å²) in [5, 5.41) is 15.7. The summed E-state index contributed by atoms with van der Waals surface area (Å²) in [6.45, 7) is 0.0247. The van der Waals surface area contributed by atoms with Gasteiger partial charge >= 0.3 is 11.9 Å². The minimum Gasteiger partial charge on any atom is -0.504 e. The molecule has 0 saturated heterocycles. The zero-order valence-electron chi connectivity index (χ0n) is 20.9. The van der Waals surface area contributed by atoms with Crippen molar-refractivity contribution in [3.05, 3.63) is 61.0 Å². The predicted octanol–water partition coefficient (Wildman–Crippen LogP) is 2.53. The van der Waals surface area contributed by atoms with Crippen molar-refractivity contribution in [2.45, 2.75) is 37.4 Å². The van der Waals surface area contributed by atoms with E-state index in [4.69, 9.17) is 27.9 Å². The van der Waals surface area contributed by atoms with Crippen LogP contribution in [0.3, 0.4) is 0 Å². The van der Waals surface area contributed by atoms with Crippen LogP contribution in [0, 0.1) is 5.92 Å². The van der Waals surface area contributed by atoms with Gasteiger partial charge < -0.3 is 15.2 Å². The average molecular weight is 651 g/mol. The molecule has 3 aromatic rings. The largest absolute Gasteiger partial charge is 0.504 e. The molecule has 224 valence electrons. The van der Waals surface area contributed by atoms with E-state index in [1.807, 2.05) is 0 Å². The van der Waals surface area contributed by atoms with Gasteiger partial charge in [0.2, 0.25) is 28.4 Å². The van der Waals surface area contributed by atoms with Gasteiger partial charge in [-0.2, -0.15) is 23.0 Å². The van der Waals surface area contributed by atoms with Crippen molar-refractivity contribution in [1.82, 2.24) is 25.1 Å². The molecule has 5 rings (SSSR count). The van der Waals surface area contributed by atoms with Crippen LogP contribution in [0.25, 0.3) is 5.69 Å². The van der Waals surface area contributed by atoms with E-state index in [1.54, 1.807) is 0 Å². The number of carbonyl (C=O) groups excluding carboxylic acids is 1. The number of nitrogens with one attached hydrogen (secondary N) is 2. The first kappa shape index (κ1) is 29.7. The van der Waals surface area contributed by atoms with Crippen LogP contribution >= 0.6 is 23.2 Å². The normalized spacial score (nSPS) is 15.9. The third kappa shape index (κ3) is 5.89. The Labute approximate surface area is 244 Å². The Morgan fingerprint density at radius 3 is 2.40 bits per heavy atom. The number of halogens is 5. The highest BCUT2D eigenvalue weighted by Gasteiger charge is 2.51. The molecule has 2 saturated carbocycles. The number of ether oxygens (including phenoxy) is 1. The van der Waals surface area contributed by atoms with Crippen LogP contribution in [0.2, 0.25) is 10.0 Å². The number of rotatable bonds is 9. The molecule has 2 aliphatic rings. The van der Waals surface area contributed by atoms with Crippen molar-refractivity contribution in [2.75, 3.05) is 10.8 Å². The molecule has 0 spiro atoms. The average Bonchev–Trinajstić information content (AvgIpc) is 3.81. The third-order valence-electron chi connectivity index (χ3n) is 6.58. The van der Waals surface area contributed by atoms with Crippen molar-refractivity contribution < 1.29 is 36.2 Å². The Bertz CT molecular complexity index is 1760. The summed E-state index contributed by atoms with van der Waals surface area (Å²) < 4.78 is 70.9. The van der Waals surface area contributed by atoms with Gasteiger partial charge in [0, 0.05) is 18.5 Å². The number of aromatic amines is 1. The highest BCUT2D eigenvalue weighted by molar-refractivity contribution is 7.74. The second-order valence-corrected chi connectivity index (χ2v) is 11.3. The number of hydrogen-bond donors (Lipinski definition) is 4. The number of hydrogen-bond acceptors (Lipinski definition) is 9. The van der Waals surface area contributed by atoms with E-state index in [9.17, 15) is 41.1 Å². The number of pyridine rings is 1. The van der Waals surface area contributed by atoms with E-state index in [1.165, 1.54) is 4.98 Å². The summed E-state index contributed by atoms with van der Waals surface area (Å²) in [7, 11) is -3.30. The molecule has 2 heterocycles. The van der Waals surface area contributed by atoms with Crippen LogP contribution in [0.5, 0.6) is 17.4 Å². The quantitative estimate of drug-likeness (QED) is 0.253. The molecule has 0 radical (unpaired) electrons. The topological polar surface area (TPSA) is 177 Å². The Morgan fingerprint density at radius 1 is 1.21 bits per heavy atom. The zero-order valence-corrected chi connectivity index (χ0v) is 23.4. The molecule has 0 bridgehead atoms. The molecule has 0 unspecified atom stereocenters. The number of benzene rings is 1. The van der Waals surface area contributed by atoms with Gasteiger partial charge in [0.25, 0.3) is 5.56 Å². The fourth-order valence-corrected chi connectivity index (χ4v) is 5.65. The molecule has 19 heteroatoms. The third-order valence-corrected chi connectivity index (χ3v) is 8.10. The molecule has 1 aromatic carbocycles. The highest BCUT2D eigenvalue weighted by Crippen LogP contribution is 2.47. The first-order chi connectivity index (χ1) is 19.7. The fourth-order valence-electron chi connectivity index (χ4n) is 4.14. The molecule has 2 fully saturated rings. The van der Waals surface area contributed by atoms with Gasteiger partial charge in [-0.05, 0) is 37.8 Å². The van der Waals surface area contributed by atoms with Crippen LogP contribution in [-0.2, 0) is 21.9 Å². The number of anilines is 1. The second-order valence-electron chi connectivity index (χ2n) is 9.64. The summed E-state index contributed by atoms with van der Waals surface area (Å²) >= 11 is 12.5. The second kappa shape index (κ2) is 10.8. The maximum absolute atomic E-state index is 13.1. The van der Waals surface area contributed by atoms with Crippen molar-refractivity contribution in [2.24, 2.45) is 5.92 Å². The first-order valence-corrected chi connectivity index (χ1v) is 14.0. The Balaban J connectivity index is 1.45. The molecule has 42 heavy (non-hydrogen) atoms. The van der Waals surface area contributed by atoms with Crippen LogP contribution in [0.1, 0.15) is 31.4 Å². The zero-order chi connectivity index (χ0) is 30.6. The van der Waals surface area contributed by atoms with Crippen molar-refractivity contribution in [1.29, 1.82) is 0 Å². The number of alkyl halides is 3. The van der Waals surface area contributed by atoms with E-state index in [-0.39, 0.29) is 56.1 Å². The fraction of sp³-hybridized carbons (Fsp3) is 0.348. The van der Waals surface area contributed by atoms with Crippen LogP contribution in [0.4, 0.5) is 18.9 Å². The lowest BCUT2D eigenvalue weighted by atomic mass is 10.2. The Hall–Kier alpha value is -3.83. The molecular weight excluding hydrogens is 632 g/mol. The number of thiol groups is 1. The standard InChI is InChI=1S/C23H19Cl2F3N6O7S/c24-12-5-11(33-21(38)31-20(37)18(32-33)23(26,27)28)6-13(25)17(12)41-16-7-14(15(35)8-29-16)34(42(39)40)22(3-4-22)9-30-19(36)10-1-2-10/h5-8,10,35,42H,1-4,9H2,(H,30,36)(H,31,37,38). The van der Waals surface area contributed by atoms with Gasteiger partial charge in [-0.15, -0.1) is 0 Å². The van der Waals surface area contributed by atoms with Crippen LogP contribution < -0.4 is 25.6 Å². The predicted molar refractivity (Wildman–Crippen MR) is 142 cm³/mol. The van der Waals surface area contributed by atoms with Crippen LogP contribution in [-0.4, -0.2) is 51.3 Å². The van der Waals surface area contributed by atoms with Crippen molar-refractivity contribution >= 4 is 45.7 Å². The summed E-state index contributed by atoms with van der Waals surface area (Å²) in [6.07, 6.45) is -1.88. The molecule has 13 nitrogen and oxygen atoms in total. The maximum atomic E-state index is 13.1. The number of nitrogens with zero attached hydrogens (tertiary/aromatic N) is 4. The smallest absolute Gasteiger partial charge is 0.440 e. The van der Waals surface area contributed by atoms with Gasteiger partial charge in [0.1, 0.15) is 5.69 Å². The van der Waals surface area contributed by atoms with Gasteiger partial charge in [0.15, 0.2) is 11.5 Å². The SMILES string of the molecule is O=C(NCC1(N(c2cc(Oc3c(Cl)cc(-n4nc(C(F)(F)F)c(=O)[nH]c4=O)cc3Cl)ncc2O)[SH](=O)=O)CC1)C1CC1. The number of carbonyl (C=O) groups is 1. The lowest BCUT2D eigenvalue weighted by molar-refractivity contribution is -0.143. The molecule has 3 N–H and O–H groups in total. The van der Waals surface area contributed by atoms with E-state index >= 15 is 0 Å². The van der Waals surface area contributed by atoms with Gasteiger partial charge in [-0.1, -0.05) is 23.2 Å². The molecular formula is C23H19Cl2F3N6O7S. The minimum atomic E-state index is -5.16. The maximum Gasteiger partial charge on any atom is 0.440 e. The molecule has 2 aliphatic carbocycles. The summed E-state index contributed by atoms with van der Waals surface area (Å²) in [5.41, 5.74) is -6.45. The Morgan fingerprint density at radius 2 is 1.86 bits per heavy atom. The summed E-state index contributed by atoms with van der Waals surface area (Å²) in [5.74, 6) is -1.33. The number of aromatic nitrogens is 4. The molecule has 0 atom stereocenters. The van der Waals surface area contributed by atoms with Gasteiger partial charge in [0.05, 0.1) is 27.5 Å². The molecule has 1 amide bonds. The van der Waals surface area contributed by atoms with Crippen molar-refractivity contribution in [3.63, 3.8) is 0 Å². The van der Waals surface area contributed by atoms with Crippen LogP contribution in [0.15, 0.2) is 34.0 Å². The number of H-pyrrole nitrogens is 1. The highest BCUT2D eigenvalue weighted by atomic mass is 35.5. The minimum absolute atomic E-state index is 0.0247. The van der Waals surface area contributed by atoms with E-state index in [0.717, 1.165) is 41.5 Å². The van der Waals surface area contributed by atoms with E-state index in [2.05, 4.69) is 15.4 Å².